The molecule has 4 aromatic rings. The Morgan fingerprint density at radius 3 is 2.47 bits per heavy atom. The number of aromatic nitrogens is 1. The molecule has 1 aliphatic carbocycles. The molecule has 2 aromatic heterocycles. The number of fused-ring (bicyclic) bond motifs is 1. The van der Waals surface area contributed by atoms with E-state index in [1.165, 1.54) is 29.5 Å². The number of pyridine rings is 1. The highest BCUT2D eigenvalue weighted by molar-refractivity contribution is 7.16. The highest BCUT2D eigenvalue weighted by Gasteiger charge is 2.53. The summed E-state index contributed by atoms with van der Waals surface area (Å²) in [6, 6.07) is 18.7. The Hall–Kier alpha value is -6.28. The number of rotatable bonds is 21. The highest BCUT2D eigenvalue weighted by Crippen LogP contribution is 2.52. The van der Waals surface area contributed by atoms with Gasteiger partial charge in [-0.3, -0.25) is 24.0 Å². The lowest BCUT2D eigenvalue weighted by Crippen LogP contribution is -2.51. The van der Waals surface area contributed by atoms with Crippen molar-refractivity contribution in [3.8, 4) is 22.8 Å². The van der Waals surface area contributed by atoms with Crippen LogP contribution >= 0.6 is 11.3 Å². The fourth-order valence-electron chi connectivity index (χ4n) is 7.40. The Morgan fingerprint density at radius 2 is 1.70 bits per heavy atom. The van der Waals surface area contributed by atoms with E-state index in [2.05, 4.69) is 25.4 Å². The topological polar surface area (TPSA) is 181 Å². The van der Waals surface area contributed by atoms with Crippen molar-refractivity contribution in [1.29, 1.82) is 0 Å². The summed E-state index contributed by atoms with van der Waals surface area (Å²) in [5.41, 5.74) is 2.13. The minimum atomic E-state index is -3.75. The van der Waals surface area contributed by atoms with Crippen LogP contribution in [0.1, 0.15) is 45.6 Å². The number of carbonyl (C=O) groups excluding carboxylic acids is 5. The van der Waals surface area contributed by atoms with Crippen molar-refractivity contribution >= 4 is 51.7 Å². The minimum Gasteiger partial charge on any atom is -0.395 e. The van der Waals surface area contributed by atoms with Crippen molar-refractivity contribution < 1.29 is 51.7 Å². The molecule has 3 N–H and O–H groups in total. The van der Waals surface area contributed by atoms with Crippen LogP contribution in [0.3, 0.4) is 0 Å². The standard InChI is InChI=1S/C47H53F2N7O9S/c1-31-9-13-38(53-45(61)46(17-18-46)34-10-12-36-37(29-34)65-47(48,49)64-36)52-43(31)32-6-4-7-33(28-32)44(60)51-20-25-63-27-26-62-24-16-39(57)50-19-15-35-11-14-42(66-35)56-23-22-55(30-41(56)59)40(58)8-5-21-54(2)3/h4-14,28-29H,15-27,30H2,1-3H3,(H,50,57)(H,51,60)(H,52,53,61)/b8-5+. The van der Waals surface area contributed by atoms with Crippen LogP contribution in [-0.2, 0) is 40.5 Å². The lowest BCUT2D eigenvalue weighted by Gasteiger charge is -2.33. The smallest absolute Gasteiger partial charge is 0.395 e. The van der Waals surface area contributed by atoms with E-state index in [9.17, 15) is 32.8 Å². The number of likely N-dealkylation sites (N-methyl/N-ethyl adjacent to an activating group) is 1. The summed E-state index contributed by atoms with van der Waals surface area (Å²) in [5.74, 6) is -0.948. The molecule has 19 heteroatoms. The number of anilines is 2. The van der Waals surface area contributed by atoms with Gasteiger partial charge in [0.1, 0.15) is 12.4 Å². The Kier molecular flexibility index (Phi) is 15.4. The normalized spacial score (nSPS) is 15.9. The first kappa shape index (κ1) is 47.7. The average Bonchev–Trinajstić information content (AvgIpc) is 3.87. The maximum atomic E-state index is 13.6. The van der Waals surface area contributed by atoms with Crippen molar-refractivity contribution in [2.75, 3.05) is 90.0 Å². The fraction of sp³-hybridized carbons (Fsp3) is 0.404. The van der Waals surface area contributed by atoms with Gasteiger partial charge in [0.25, 0.3) is 5.91 Å². The van der Waals surface area contributed by atoms with Gasteiger partial charge in [0.05, 0.1) is 42.5 Å². The molecule has 7 rings (SSSR count). The van der Waals surface area contributed by atoms with Gasteiger partial charge in [-0.15, -0.1) is 20.1 Å². The number of alkyl halides is 2. The number of nitrogens with zero attached hydrogens (tertiary/aromatic N) is 4. The zero-order valence-electron chi connectivity index (χ0n) is 37.0. The Bertz CT molecular complexity index is 2460. The van der Waals surface area contributed by atoms with Crippen molar-refractivity contribution in [3.05, 3.63) is 100 Å². The van der Waals surface area contributed by atoms with Gasteiger partial charge in [-0.1, -0.05) is 30.3 Å². The maximum Gasteiger partial charge on any atom is 0.586 e. The first-order chi connectivity index (χ1) is 31.7. The van der Waals surface area contributed by atoms with Crippen LogP contribution in [-0.4, -0.2) is 130 Å². The number of halogens is 2. The number of ether oxygens (including phenoxy) is 4. The number of hydrogen-bond donors (Lipinski definition) is 3. The SMILES string of the molecule is Cc1ccc(NC(=O)C2(c3ccc4c(c3)OC(F)(F)O4)CC2)nc1-c1cccc(C(=O)NCCOCCOCCC(=O)NCCc2ccc(N3CCN(C(=O)/C=C/CN(C)C)CC3=O)s2)c1. The van der Waals surface area contributed by atoms with Crippen LogP contribution in [0.25, 0.3) is 11.3 Å². The van der Waals surface area contributed by atoms with Gasteiger partial charge < -0.3 is 49.6 Å². The van der Waals surface area contributed by atoms with Gasteiger partial charge in [-0.25, -0.2) is 4.98 Å². The molecule has 1 saturated carbocycles. The summed E-state index contributed by atoms with van der Waals surface area (Å²) < 4.78 is 47.4. The number of benzene rings is 2. The molecule has 0 bridgehead atoms. The molecule has 4 heterocycles. The van der Waals surface area contributed by atoms with Crippen LogP contribution in [0.4, 0.5) is 19.6 Å². The molecule has 3 aliphatic rings. The second-order valence-electron chi connectivity index (χ2n) is 16.3. The minimum absolute atomic E-state index is 0.0365. The van der Waals surface area contributed by atoms with Crippen molar-refractivity contribution in [3.63, 3.8) is 0 Å². The average molecular weight is 930 g/mol. The third kappa shape index (κ3) is 12.3. The lowest BCUT2D eigenvalue weighted by atomic mass is 9.94. The zero-order valence-corrected chi connectivity index (χ0v) is 37.8. The van der Waals surface area contributed by atoms with E-state index < -0.39 is 11.7 Å². The van der Waals surface area contributed by atoms with Gasteiger partial charge in [0.2, 0.25) is 23.6 Å². The van der Waals surface area contributed by atoms with Gasteiger partial charge in [-0.05, 0) is 93.9 Å². The molecule has 0 radical (unpaired) electrons. The fourth-order valence-corrected chi connectivity index (χ4v) is 8.45. The number of thiophene rings is 1. The lowest BCUT2D eigenvalue weighted by molar-refractivity contribution is -0.286. The first-order valence-corrected chi connectivity index (χ1v) is 22.5. The van der Waals surface area contributed by atoms with Crippen LogP contribution in [0, 0.1) is 6.92 Å². The maximum absolute atomic E-state index is 13.6. The molecule has 0 spiro atoms. The van der Waals surface area contributed by atoms with Crippen LogP contribution in [0.15, 0.2) is 78.9 Å². The van der Waals surface area contributed by atoms with Gasteiger partial charge in [0.15, 0.2) is 11.5 Å². The van der Waals surface area contributed by atoms with Crippen molar-refractivity contribution in [2.24, 2.45) is 0 Å². The molecule has 0 unspecified atom stereocenters. The molecule has 350 valence electrons. The molecular formula is C47H53F2N7O9S. The summed E-state index contributed by atoms with van der Waals surface area (Å²) in [6.07, 6.45) is 1.42. The summed E-state index contributed by atoms with van der Waals surface area (Å²) >= 11 is 1.50. The number of carbonyl (C=O) groups is 5. The monoisotopic (exact) mass is 929 g/mol. The predicted molar refractivity (Wildman–Crippen MR) is 243 cm³/mol. The second-order valence-corrected chi connectivity index (χ2v) is 17.5. The molecule has 2 aliphatic heterocycles. The number of hydrogen-bond acceptors (Lipinski definition) is 12. The van der Waals surface area contributed by atoms with Gasteiger partial charge in [0, 0.05) is 61.2 Å². The molecular weight excluding hydrogens is 877 g/mol. The second kappa shape index (κ2) is 21.4. The van der Waals surface area contributed by atoms with E-state index in [-0.39, 0.29) is 87.0 Å². The molecule has 0 atom stereocenters. The third-order valence-corrected chi connectivity index (χ3v) is 12.3. The van der Waals surface area contributed by atoms with E-state index in [1.54, 1.807) is 46.2 Å². The number of amides is 5. The zero-order chi connectivity index (χ0) is 46.8. The molecule has 66 heavy (non-hydrogen) atoms. The third-order valence-electron chi connectivity index (χ3n) is 11.1. The van der Waals surface area contributed by atoms with Crippen molar-refractivity contribution in [1.82, 2.24) is 25.4 Å². The summed E-state index contributed by atoms with van der Waals surface area (Å²) in [5, 5.41) is 9.45. The van der Waals surface area contributed by atoms with E-state index >= 15 is 0 Å². The van der Waals surface area contributed by atoms with E-state index in [4.69, 9.17) is 14.5 Å². The molecule has 2 fully saturated rings. The Balaban J connectivity index is 0.754. The van der Waals surface area contributed by atoms with E-state index in [1.807, 2.05) is 50.2 Å². The Morgan fingerprint density at radius 1 is 0.909 bits per heavy atom. The molecule has 1 saturated heterocycles. The predicted octanol–water partition coefficient (Wildman–Crippen LogP) is 4.92. The largest absolute Gasteiger partial charge is 0.586 e. The van der Waals surface area contributed by atoms with Crippen LogP contribution in [0.5, 0.6) is 11.5 Å². The molecule has 2 aromatic carbocycles. The first-order valence-electron chi connectivity index (χ1n) is 21.7. The van der Waals surface area contributed by atoms with E-state index in [0.717, 1.165) is 15.4 Å². The van der Waals surface area contributed by atoms with Crippen LogP contribution < -0.4 is 30.3 Å². The van der Waals surface area contributed by atoms with E-state index in [0.29, 0.717) is 73.6 Å². The molecule has 5 amide bonds. The quantitative estimate of drug-likeness (QED) is 0.0763. The van der Waals surface area contributed by atoms with Gasteiger partial charge >= 0.3 is 6.29 Å². The van der Waals surface area contributed by atoms with Crippen LogP contribution in [0.2, 0.25) is 0 Å². The summed E-state index contributed by atoms with van der Waals surface area (Å²) in [7, 11) is 3.83. The highest BCUT2D eigenvalue weighted by atomic mass is 32.1. The Labute approximate surface area is 385 Å². The van der Waals surface area contributed by atoms with Crippen molar-refractivity contribution in [2.45, 2.75) is 44.3 Å². The van der Waals surface area contributed by atoms with Gasteiger partial charge in [-0.2, -0.15) is 0 Å². The number of piperazine rings is 1. The number of aryl methyl sites for hydroxylation is 1. The summed E-state index contributed by atoms with van der Waals surface area (Å²) in [4.78, 5) is 75.1. The number of nitrogens with one attached hydrogen (secondary N) is 3. The summed E-state index contributed by atoms with van der Waals surface area (Å²) in [6.45, 7) is 5.18. The molecule has 16 nitrogen and oxygen atoms in total.